The lowest BCUT2D eigenvalue weighted by Gasteiger charge is -2.14. The number of nitro groups is 1. The van der Waals surface area contributed by atoms with Gasteiger partial charge in [-0.25, -0.2) is 4.98 Å². The molecule has 0 fully saturated rings. The molecule has 0 amide bonds. The van der Waals surface area contributed by atoms with Gasteiger partial charge < -0.3 is 5.32 Å². The molecule has 0 spiro atoms. The van der Waals surface area contributed by atoms with Crippen LogP contribution in [0.1, 0.15) is 18.5 Å². The summed E-state index contributed by atoms with van der Waals surface area (Å²) in [6.07, 6.45) is 1.23. The first kappa shape index (κ1) is 13.3. The number of nitrogens with one attached hydrogen (secondary N) is 1. The monoisotopic (exact) mass is 277 g/mol. The van der Waals surface area contributed by atoms with E-state index in [1.807, 2.05) is 31.2 Å². The highest BCUT2D eigenvalue weighted by atomic mass is 35.5. The Kier molecular flexibility index (Phi) is 3.97. The molecule has 19 heavy (non-hydrogen) atoms. The van der Waals surface area contributed by atoms with Crippen molar-refractivity contribution in [1.29, 1.82) is 0 Å². The van der Waals surface area contributed by atoms with Crippen LogP contribution in [0.3, 0.4) is 0 Å². The van der Waals surface area contributed by atoms with Gasteiger partial charge in [-0.3, -0.25) is 10.1 Å². The van der Waals surface area contributed by atoms with Crippen molar-refractivity contribution in [2.45, 2.75) is 13.0 Å². The van der Waals surface area contributed by atoms with E-state index in [0.717, 1.165) is 5.56 Å². The molecule has 1 atom stereocenters. The molecule has 0 aliphatic carbocycles. The van der Waals surface area contributed by atoms with Gasteiger partial charge in [0.05, 0.1) is 4.92 Å². The average Bonchev–Trinajstić information content (AvgIpc) is 2.39. The third-order valence-corrected chi connectivity index (χ3v) is 2.91. The minimum absolute atomic E-state index is 0.00709. The fraction of sp³-hybridized carbons (Fsp3) is 0.154. The van der Waals surface area contributed by atoms with Crippen molar-refractivity contribution in [3.8, 4) is 0 Å². The van der Waals surface area contributed by atoms with E-state index in [1.165, 1.54) is 12.3 Å². The first-order valence-electron chi connectivity index (χ1n) is 5.68. The van der Waals surface area contributed by atoms with Crippen LogP contribution >= 0.6 is 11.6 Å². The van der Waals surface area contributed by atoms with Crippen LogP contribution in [0.5, 0.6) is 0 Å². The number of pyridine rings is 1. The normalized spacial score (nSPS) is 11.9. The lowest BCUT2D eigenvalue weighted by molar-refractivity contribution is -0.385. The molecule has 1 heterocycles. The van der Waals surface area contributed by atoms with Gasteiger partial charge in [-0.1, -0.05) is 23.7 Å². The smallest absolute Gasteiger partial charge is 0.287 e. The molecule has 0 aliphatic heterocycles. The van der Waals surface area contributed by atoms with E-state index in [4.69, 9.17) is 11.6 Å². The molecule has 6 heteroatoms. The van der Waals surface area contributed by atoms with Gasteiger partial charge in [0, 0.05) is 17.1 Å². The summed E-state index contributed by atoms with van der Waals surface area (Å²) in [5, 5.41) is 14.4. The quantitative estimate of drug-likeness (QED) is 0.681. The molecule has 1 aromatic carbocycles. The van der Waals surface area contributed by atoms with Crippen molar-refractivity contribution < 1.29 is 4.92 Å². The number of hydrogen-bond donors (Lipinski definition) is 1. The zero-order valence-corrected chi connectivity index (χ0v) is 11.0. The molecule has 0 radical (unpaired) electrons. The first-order valence-corrected chi connectivity index (χ1v) is 6.06. The van der Waals surface area contributed by atoms with Gasteiger partial charge in [-0.05, 0) is 30.7 Å². The minimum Gasteiger partial charge on any atom is -0.364 e. The number of hydrogen-bond acceptors (Lipinski definition) is 4. The number of anilines is 1. The Morgan fingerprint density at radius 1 is 1.37 bits per heavy atom. The summed E-state index contributed by atoms with van der Waals surface area (Å²) >= 11 is 5.93. The van der Waals surface area contributed by atoms with E-state index in [-0.39, 0.29) is 11.7 Å². The number of rotatable bonds is 4. The fourth-order valence-electron chi connectivity index (χ4n) is 1.66. The summed E-state index contributed by atoms with van der Waals surface area (Å²) in [5.41, 5.74) is 0.994. The van der Waals surface area contributed by atoms with E-state index in [1.54, 1.807) is 6.07 Å². The Morgan fingerprint density at radius 2 is 2.16 bits per heavy atom. The van der Waals surface area contributed by atoms with Gasteiger partial charge in [0.15, 0.2) is 0 Å². The van der Waals surface area contributed by atoms with Gasteiger partial charge in [-0.2, -0.15) is 0 Å². The number of nitrogens with zero attached hydrogens (tertiary/aromatic N) is 2. The molecule has 1 N–H and O–H groups in total. The van der Waals surface area contributed by atoms with Crippen LogP contribution < -0.4 is 5.32 Å². The third-order valence-electron chi connectivity index (χ3n) is 2.67. The van der Waals surface area contributed by atoms with Crippen molar-refractivity contribution in [3.63, 3.8) is 0 Å². The number of halogens is 1. The number of aromatic nitrogens is 1. The Balaban J connectivity index is 2.10. The predicted molar refractivity (Wildman–Crippen MR) is 74.4 cm³/mol. The van der Waals surface area contributed by atoms with E-state index in [9.17, 15) is 10.1 Å². The van der Waals surface area contributed by atoms with Crippen LogP contribution in [-0.2, 0) is 0 Å². The van der Waals surface area contributed by atoms with Gasteiger partial charge in [-0.15, -0.1) is 0 Å². The zero-order chi connectivity index (χ0) is 13.8. The van der Waals surface area contributed by atoms with Crippen molar-refractivity contribution in [2.75, 3.05) is 5.32 Å². The molecule has 98 valence electrons. The van der Waals surface area contributed by atoms with Crippen LogP contribution in [-0.4, -0.2) is 9.91 Å². The SMILES string of the molecule is CC(Nc1ccc([N+](=O)[O-])cn1)c1cccc(Cl)c1. The average molecular weight is 278 g/mol. The van der Waals surface area contributed by atoms with E-state index in [0.29, 0.717) is 10.8 Å². The minimum atomic E-state index is -0.475. The second-order valence-electron chi connectivity index (χ2n) is 4.08. The standard InChI is InChI=1S/C13H12ClN3O2/c1-9(10-3-2-4-11(14)7-10)16-13-6-5-12(8-15-13)17(18)19/h2-9H,1H3,(H,15,16). The highest BCUT2D eigenvalue weighted by Gasteiger charge is 2.09. The lowest BCUT2D eigenvalue weighted by Crippen LogP contribution is -2.07. The molecule has 5 nitrogen and oxygen atoms in total. The summed E-state index contributed by atoms with van der Waals surface area (Å²) in [6, 6.07) is 10.5. The Bertz CT molecular complexity index is 587. The second-order valence-corrected chi connectivity index (χ2v) is 4.52. The van der Waals surface area contributed by atoms with Crippen LogP contribution in [0.4, 0.5) is 11.5 Å². The lowest BCUT2D eigenvalue weighted by atomic mass is 10.1. The third kappa shape index (κ3) is 3.42. The maximum atomic E-state index is 10.5. The predicted octanol–water partition coefficient (Wildman–Crippen LogP) is 3.82. The summed E-state index contributed by atoms with van der Waals surface area (Å²) in [4.78, 5) is 14.1. The summed E-state index contributed by atoms with van der Waals surface area (Å²) in [7, 11) is 0. The number of benzene rings is 1. The van der Waals surface area contributed by atoms with E-state index >= 15 is 0 Å². The molecule has 1 aromatic heterocycles. The summed E-state index contributed by atoms with van der Waals surface area (Å²) in [5.74, 6) is 0.582. The molecule has 0 saturated heterocycles. The van der Waals surface area contributed by atoms with Crippen LogP contribution in [0.2, 0.25) is 5.02 Å². The Hall–Kier alpha value is -2.14. The summed E-state index contributed by atoms with van der Waals surface area (Å²) < 4.78 is 0. The van der Waals surface area contributed by atoms with Crippen molar-refractivity contribution in [3.05, 3.63) is 63.3 Å². The molecular formula is C13H12ClN3O2. The molecule has 0 bridgehead atoms. The van der Waals surface area contributed by atoms with E-state index in [2.05, 4.69) is 10.3 Å². The first-order chi connectivity index (χ1) is 9.06. The molecule has 2 aromatic rings. The van der Waals surface area contributed by atoms with Gasteiger partial charge in [0.1, 0.15) is 12.0 Å². The largest absolute Gasteiger partial charge is 0.364 e. The van der Waals surface area contributed by atoms with Gasteiger partial charge >= 0.3 is 0 Å². The molecule has 0 aliphatic rings. The van der Waals surface area contributed by atoms with Crippen LogP contribution in [0, 0.1) is 10.1 Å². The maximum absolute atomic E-state index is 10.5. The molecule has 0 saturated carbocycles. The fourth-order valence-corrected chi connectivity index (χ4v) is 1.86. The van der Waals surface area contributed by atoms with Gasteiger partial charge in [0.25, 0.3) is 5.69 Å². The summed E-state index contributed by atoms with van der Waals surface area (Å²) in [6.45, 7) is 1.97. The Labute approximate surface area is 115 Å². The van der Waals surface area contributed by atoms with Crippen LogP contribution in [0.15, 0.2) is 42.6 Å². The Morgan fingerprint density at radius 3 is 2.74 bits per heavy atom. The zero-order valence-electron chi connectivity index (χ0n) is 10.2. The van der Waals surface area contributed by atoms with Crippen molar-refractivity contribution in [2.24, 2.45) is 0 Å². The van der Waals surface area contributed by atoms with Crippen LogP contribution in [0.25, 0.3) is 0 Å². The second kappa shape index (κ2) is 5.67. The van der Waals surface area contributed by atoms with Gasteiger partial charge in [0.2, 0.25) is 0 Å². The topological polar surface area (TPSA) is 68.1 Å². The van der Waals surface area contributed by atoms with Crippen molar-refractivity contribution >= 4 is 23.1 Å². The molecular weight excluding hydrogens is 266 g/mol. The van der Waals surface area contributed by atoms with E-state index < -0.39 is 4.92 Å². The highest BCUT2D eigenvalue weighted by molar-refractivity contribution is 6.30. The maximum Gasteiger partial charge on any atom is 0.287 e. The molecule has 1 unspecified atom stereocenters. The highest BCUT2D eigenvalue weighted by Crippen LogP contribution is 2.21. The van der Waals surface area contributed by atoms with Crippen molar-refractivity contribution in [1.82, 2.24) is 4.98 Å². The molecule has 2 rings (SSSR count).